The van der Waals surface area contributed by atoms with Crippen molar-refractivity contribution in [3.05, 3.63) is 118 Å². The van der Waals surface area contributed by atoms with E-state index in [1.54, 1.807) is 12.1 Å². The first kappa shape index (κ1) is 31.1. The van der Waals surface area contributed by atoms with Crippen LogP contribution in [0.4, 0.5) is 5.69 Å². The number of nitro benzene ring substituents is 1. The number of likely N-dealkylation sites (N-methyl/N-ethyl adjacent to an activating group) is 1. The molecule has 3 aromatic carbocycles. The van der Waals surface area contributed by atoms with Gasteiger partial charge in [-0.1, -0.05) is 0 Å². The molecule has 0 aliphatic heterocycles. The van der Waals surface area contributed by atoms with E-state index in [4.69, 9.17) is 14.2 Å². The van der Waals surface area contributed by atoms with Crippen molar-refractivity contribution in [2.24, 2.45) is 0 Å². The Hall–Kier alpha value is -3.86. The van der Waals surface area contributed by atoms with Crippen LogP contribution in [0.15, 0.2) is 91.1 Å². The molecule has 0 radical (unpaired) electrons. The second-order valence-electron chi connectivity index (χ2n) is 9.79. The van der Waals surface area contributed by atoms with Crippen LogP contribution in [-0.4, -0.2) is 62.6 Å². The number of non-ortho nitro benzene ring substituents is 1. The minimum absolute atomic E-state index is 0.0442. The van der Waals surface area contributed by atoms with Gasteiger partial charge in [0.25, 0.3) is 0 Å². The number of methoxy groups -OCH3 is 1. The molecular formula is C31H35N4O6Se+. The van der Waals surface area contributed by atoms with Crippen molar-refractivity contribution in [2.75, 3.05) is 21.2 Å². The summed E-state index contributed by atoms with van der Waals surface area (Å²) in [6, 6.07) is 26.0. The zero-order chi connectivity index (χ0) is 29.9. The fourth-order valence-corrected chi connectivity index (χ4v) is 6.38. The first-order valence-electron chi connectivity index (χ1n) is 13.4. The van der Waals surface area contributed by atoms with E-state index in [0.29, 0.717) is 19.6 Å². The Balaban J connectivity index is 1.68. The SMILES string of the molecule is COC(=O)C(Cc1c[n+](COCc2ccccc2)c([Se]c2ccc([N+](=O)[O-])cc2)n1COCc1ccccc1)N(C)C. The average molecular weight is 639 g/mol. The van der Waals surface area contributed by atoms with Crippen molar-refractivity contribution in [2.45, 2.75) is 39.1 Å². The summed E-state index contributed by atoms with van der Waals surface area (Å²) < 4.78 is 23.4. The molecule has 1 heterocycles. The fourth-order valence-electron chi connectivity index (χ4n) is 4.31. The number of esters is 1. The number of carbonyl (C=O) groups excluding carboxylic acids is 1. The van der Waals surface area contributed by atoms with E-state index in [1.165, 1.54) is 19.2 Å². The molecule has 10 nitrogen and oxygen atoms in total. The number of carbonyl (C=O) groups is 1. The first-order valence-corrected chi connectivity index (χ1v) is 15.1. The van der Waals surface area contributed by atoms with Crippen molar-refractivity contribution >= 4 is 35.8 Å². The molecule has 1 atom stereocenters. The predicted molar refractivity (Wildman–Crippen MR) is 158 cm³/mol. The van der Waals surface area contributed by atoms with E-state index in [1.807, 2.05) is 90.4 Å². The Morgan fingerprint density at radius 3 is 2.10 bits per heavy atom. The predicted octanol–water partition coefficient (Wildman–Crippen LogP) is 2.33. The summed E-state index contributed by atoms with van der Waals surface area (Å²) in [4.78, 5) is 25.3. The number of hydrogen-bond donors (Lipinski definition) is 0. The van der Waals surface area contributed by atoms with Gasteiger partial charge in [0.1, 0.15) is 0 Å². The van der Waals surface area contributed by atoms with Crippen LogP contribution in [0.2, 0.25) is 0 Å². The Morgan fingerprint density at radius 1 is 0.952 bits per heavy atom. The number of benzene rings is 3. The molecule has 4 aromatic rings. The molecule has 0 aliphatic rings. The molecule has 0 fully saturated rings. The molecule has 0 bridgehead atoms. The van der Waals surface area contributed by atoms with Crippen LogP contribution >= 0.6 is 0 Å². The van der Waals surface area contributed by atoms with Crippen molar-refractivity contribution in [3.63, 3.8) is 0 Å². The number of nitrogens with zero attached hydrogens (tertiary/aromatic N) is 4. The summed E-state index contributed by atoms with van der Waals surface area (Å²) in [6.45, 7) is 1.39. The van der Waals surface area contributed by atoms with Gasteiger partial charge in [-0.15, -0.1) is 0 Å². The second kappa shape index (κ2) is 15.4. The van der Waals surface area contributed by atoms with Gasteiger partial charge in [0, 0.05) is 0 Å². The van der Waals surface area contributed by atoms with Crippen molar-refractivity contribution in [1.82, 2.24) is 9.47 Å². The van der Waals surface area contributed by atoms with E-state index >= 15 is 0 Å². The van der Waals surface area contributed by atoms with Gasteiger partial charge >= 0.3 is 252 Å². The number of nitro groups is 1. The topological polar surface area (TPSA) is 99.9 Å². The maximum absolute atomic E-state index is 12.7. The van der Waals surface area contributed by atoms with Crippen LogP contribution in [0.3, 0.4) is 0 Å². The van der Waals surface area contributed by atoms with E-state index in [-0.39, 0.29) is 40.1 Å². The van der Waals surface area contributed by atoms with Gasteiger partial charge < -0.3 is 0 Å². The number of rotatable bonds is 15. The summed E-state index contributed by atoms with van der Waals surface area (Å²) in [6.07, 6.45) is 2.39. The van der Waals surface area contributed by atoms with E-state index in [2.05, 4.69) is 4.57 Å². The zero-order valence-electron chi connectivity index (χ0n) is 23.9. The third kappa shape index (κ3) is 8.57. The van der Waals surface area contributed by atoms with Crippen LogP contribution in [0, 0.1) is 10.1 Å². The molecule has 0 aliphatic carbocycles. The molecule has 0 saturated carbocycles. The van der Waals surface area contributed by atoms with Gasteiger partial charge in [0.15, 0.2) is 0 Å². The third-order valence-electron chi connectivity index (χ3n) is 6.56. The van der Waals surface area contributed by atoms with Crippen LogP contribution in [-0.2, 0) is 52.1 Å². The molecule has 1 aromatic heterocycles. The van der Waals surface area contributed by atoms with Gasteiger partial charge in [0.05, 0.1) is 0 Å². The normalized spacial score (nSPS) is 11.9. The molecule has 11 heteroatoms. The molecule has 42 heavy (non-hydrogen) atoms. The minimum atomic E-state index is -0.504. The molecular weight excluding hydrogens is 603 g/mol. The summed E-state index contributed by atoms with van der Waals surface area (Å²) in [7, 11) is 5.08. The van der Waals surface area contributed by atoms with Crippen LogP contribution in [0.1, 0.15) is 16.8 Å². The van der Waals surface area contributed by atoms with Crippen molar-refractivity contribution in [1.29, 1.82) is 0 Å². The Bertz CT molecular complexity index is 1450. The molecule has 4 rings (SSSR count). The number of aromatic nitrogens is 2. The fraction of sp³-hybridized carbons (Fsp3) is 0.290. The Labute approximate surface area is 251 Å². The molecule has 0 saturated heterocycles. The summed E-state index contributed by atoms with van der Waals surface area (Å²) >= 11 is -0.265. The third-order valence-corrected chi connectivity index (χ3v) is 8.96. The van der Waals surface area contributed by atoms with Crippen molar-refractivity contribution < 1.29 is 28.5 Å². The summed E-state index contributed by atoms with van der Waals surface area (Å²) in [5, 5.41) is 11.2. The maximum atomic E-state index is 12.7. The van der Waals surface area contributed by atoms with E-state index in [0.717, 1.165) is 26.0 Å². The van der Waals surface area contributed by atoms with Gasteiger partial charge in [-0.2, -0.15) is 0 Å². The molecule has 0 amide bonds. The quantitative estimate of drug-likeness (QED) is 0.0648. The monoisotopic (exact) mass is 639 g/mol. The van der Waals surface area contributed by atoms with Crippen LogP contribution in [0.5, 0.6) is 0 Å². The zero-order valence-corrected chi connectivity index (χ0v) is 25.6. The van der Waals surface area contributed by atoms with Gasteiger partial charge in [-0.05, 0) is 0 Å². The first-order chi connectivity index (χ1) is 20.4. The Morgan fingerprint density at radius 2 is 1.55 bits per heavy atom. The van der Waals surface area contributed by atoms with Gasteiger partial charge in [-0.3, -0.25) is 0 Å². The number of ether oxygens (including phenoxy) is 3. The molecule has 0 N–H and O–H groups in total. The summed E-state index contributed by atoms with van der Waals surface area (Å²) in [5.41, 5.74) is 3.04. The van der Waals surface area contributed by atoms with E-state index in [9.17, 15) is 14.9 Å². The second-order valence-corrected chi connectivity index (χ2v) is 12.0. The Kier molecular flexibility index (Phi) is 11.4. The number of hydrogen-bond acceptors (Lipinski definition) is 7. The van der Waals surface area contributed by atoms with Crippen molar-refractivity contribution in [3.8, 4) is 0 Å². The standard InChI is InChI=1S/C31H35N4O6Se/c1-32(2)29(30(36)39-3)18-27-19-33(22-40-20-24-10-6-4-7-11-24)31(42-28-16-14-26(15-17-28)35(37)38)34(27)23-41-21-25-12-8-5-9-13-25/h4-17,19,29H,18,20-23H2,1-3H3/q+1. The van der Waals surface area contributed by atoms with E-state index < -0.39 is 11.0 Å². The average Bonchev–Trinajstić information content (AvgIpc) is 3.31. The molecule has 0 spiro atoms. The summed E-state index contributed by atoms with van der Waals surface area (Å²) in [5.74, 6) is -0.327. The van der Waals surface area contributed by atoms with Gasteiger partial charge in [-0.25, -0.2) is 0 Å². The number of imidazole rings is 1. The van der Waals surface area contributed by atoms with Crippen LogP contribution in [0.25, 0.3) is 0 Å². The molecule has 220 valence electrons. The van der Waals surface area contributed by atoms with Crippen LogP contribution < -0.4 is 13.8 Å². The van der Waals surface area contributed by atoms with Gasteiger partial charge in [0.2, 0.25) is 0 Å². The molecule has 1 unspecified atom stereocenters.